The lowest BCUT2D eigenvalue weighted by Gasteiger charge is -2.07. The molecule has 0 atom stereocenters. The molecule has 2 aromatic heterocycles. The zero-order valence-corrected chi connectivity index (χ0v) is 16.9. The van der Waals surface area contributed by atoms with Gasteiger partial charge in [-0.3, -0.25) is 20.3 Å². The van der Waals surface area contributed by atoms with Crippen molar-refractivity contribution in [2.24, 2.45) is 5.10 Å². The number of nitrogens with one attached hydrogen (secondary N) is 1. The van der Waals surface area contributed by atoms with Gasteiger partial charge in [-0.15, -0.1) is 0 Å². The Morgan fingerprint density at radius 2 is 1.94 bits per heavy atom. The molecule has 0 fully saturated rings. The molecule has 3 N–H and O–H groups in total. The number of aromatic hydroxyl groups is 2. The number of phenols is 2. The Morgan fingerprint density at radius 1 is 1.12 bits per heavy atom. The zero-order valence-electron chi connectivity index (χ0n) is 16.9. The monoisotopic (exact) mass is 430 g/mol. The number of nitrogens with zero attached hydrogens (tertiary/aromatic N) is 3. The lowest BCUT2D eigenvalue weighted by Crippen LogP contribution is -2.08. The maximum absolute atomic E-state index is 13.2. The number of carbonyl (C=O) groups is 1. The largest absolute Gasteiger partial charge is 0.508 e. The molecule has 9 heteroatoms. The van der Waals surface area contributed by atoms with Gasteiger partial charge in [0.05, 0.1) is 16.8 Å². The first-order chi connectivity index (χ1) is 15.3. The van der Waals surface area contributed by atoms with Crippen molar-refractivity contribution in [1.82, 2.24) is 4.40 Å². The van der Waals surface area contributed by atoms with Crippen LogP contribution in [0.4, 0.5) is 11.4 Å². The molecule has 9 nitrogen and oxygen atoms in total. The summed E-state index contributed by atoms with van der Waals surface area (Å²) in [5.74, 6) is -0.629. The van der Waals surface area contributed by atoms with Crippen LogP contribution in [0.1, 0.15) is 27.2 Å². The maximum atomic E-state index is 13.2. The SMILES string of the molecule is Cc1cc2ccccn2c1C(=O)c1ccc(NN=Cc2ccc(O)cc2O)c([N+](=O)[O-])c1. The molecule has 0 aliphatic carbocycles. The summed E-state index contributed by atoms with van der Waals surface area (Å²) < 4.78 is 1.75. The summed E-state index contributed by atoms with van der Waals surface area (Å²) in [5, 5.41) is 34.7. The first kappa shape index (κ1) is 20.6. The number of nitro benzene ring substituents is 1. The number of pyridine rings is 1. The van der Waals surface area contributed by atoms with E-state index in [2.05, 4.69) is 10.5 Å². The van der Waals surface area contributed by atoms with Crippen molar-refractivity contribution >= 4 is 28.9 Å². The number of hydrogen-bond acceptors (Lipinski definition) is 7. The van der Waals surface area contributed by atoms with E-state index in [4.69, 9.17) is 0 Å². The van der Waals surface area contributed by atoms with Crippen LogP contribution in [-0.4, -0.2) is 31.5 Å². The van der Waals surface area contributed by atoms with E-state index in [0.717, 1.165) is 17.1 Å². The van der Waals surface area contributed by atoms with Crippen molar-refractivity contribution in [2.45, 2.75) is 6.92 Å². The highest BCUT2D eigenvalue weighted by Gasteiger charge is 2.21. The maximum Gasteiger partial charge on any atom is 0.294 e. The number of aromatic nitrogens is 1. The van der Waals surface area contributed by atoms with Gasteiger partial charge in [0, 0.05) is 35.0 Å². The molecular formula is C23H18N4O5. The average Bonchev–Trinajstić information content (AvgIpc) is 3.10. The quantitative estimate of drug-likeness (QED) is 0.182. The number of anilines is 1. The Kier molecular flexibility index (Phi) is 5.30. The number of hydrogen-bond donors (Lipinski definition) is 3. The predicted octanol–water partition coefficient (Wildman–Crippen LogP) is 4.24. The van der Waals surface area contributed by atoms with Gasteiger partial charge in [-0.2, -0.15) is 5.10 Å². The smallest absolute Gasteiger partial charge is 0.294 e. The summed E-state index contributed by atoms with van der Waals surface area (Å²) in [4.78, 5) is 24.2. The van der Waals surface area contributed by atoms with Crippen molar-refractivity contribution < 1.29 is 19.9 Å². The average molecular weight is 430 g/mol. The first-order valence-electron chi connectivity index (χ1n) is 9.56. The molecule has 0 aliphatic heterocycles. The highest BCUT2D eigenvalue weighted by Crippen LogP contribution is 2.28. The zero-order chi connectivity index (χ0) is 22.8. The van der Waals surface area contributed by atoms with Crippen molar-refractivity contribution in [2.75, 3.05) is 5.43 Å². The molecule has 4 aromatic rings. The Hall–Kier alpha value is -4.66. The summed E-state index contributed by atoms with van der Waals surface area (Å²) in [7, 11) is 0. The Morgan fingerprint density at radius 3 is 2.69 bits per heavy atom. The normalized spacial score (nSPS) is 11.2. The van der Waals surface area contributed by atoms with Crippen LogP contribution in [0.15, 0.2) is 72.0 Å². The minimum atomic E-state index is -0.601. The summed E-state index contributed by atoms with van der Waals surface area (Å²) in [5.41, 5.74) is 4.87. The van der Waals surface area contributed by atoms with E-state index in [0.29, 0.717) is 11.3 Å². The van der Waals surface area contributed by atoms with E-state index in [9.17, 15) is 25.1 Å². The van der Waals surface area contributed by atoms with Crippen LogP contribution in [0.5, 0.6) is 11.5 Å². The van der Waals surface area contributed by atoms with Gasteiger partial charge in [-0.1, -0.05) is 6.07 Å². The third kappa shape index (κ3) is 3.86. The summed E-state index contributed by atoms with van der Waals surface area (Å²) in [6.07, 6.45) is 3.03. The molecular weight excluding hydrogens is 412 g/mol. The highest BCUT2D eigenvalue weighted by atomic mass is 16.6. The fraction of sp³-hybridized carbons (Fsp3) is 0.0435. The van der Waals surface area contributed by atoms with E-state index in [1.165, 1.54) is 36.5 Å². The molecule has 2 heterocycles. The van der Waals surface area contributed by atoms with Crippen LogP contribution in [0.25, 0.3) is 5.52 Å². The Labute approximate surface area is 182 Å². The molecule has 32 heavy (non-hydrogen) atoms. The Balaban J connectivity index is 1.64. The number of hydrazone groups is 1. The number of rotatable bonds is 6. The third-order valence-corrected chi connectivity index (χ3v) is 4.94. The van der Waals surface area contributed by atoms with Crippen LogP contribution in [0.3, 0.4) is 0 Å². The number of phenolic OH excluding ortho intramolecular Hbond substituents is 2. The molecule has 0 spiro atoms. The van der Waals surface area contributed by atoms with Crippen LogP contribution in [0.2, 0.25) is 0 Å². The lowest BCUT2D eigenvalue weighted by molar-refractivity contribution is -0.384. The summed E-state index contributed by atoms with van der Waals surface area (Å²) in [6, 6.07) is 15.5. The molecule has 0 amide bonds. The molecule has 0 saturated heterocycles. The van der Waals surface area contributed by atoms with Gasteiger partial charge in [-0.05, 0) is 55.0 Å². The van der Waals surface area contributed by atoms with Crippen LogP contribution < -0.4 is 5.43 Å². The predicted molar refractivity (Wildman–Crippen MR) is 120 cm³/mol. The second-order valence-corrected chi connectivity index (χ2v) is 7.10. The molecule has 0 bridgehead atoms. The van der Waals surface area contributed by atoms with Crippen molar-refractivity contribution in [3.63, 3.8) is 0 Å². The van der Waals surface area contributed by atoms with Gasteiger partial charge in [-0.25, -0.2) is 0 Å². The Bertz CT molecular complexity index is 1390. The molecule has 0 saturated carbocycles. The van der Waals surface area contributed by atoms with E-state index in [-0.39, 0.29) is 34.2 Å². The number of ketones is 1. The van der Waals surface area contributed by atoms with E-state index >= 15 is 0 Å². The number of aryl methyl sites for hydroxylation is 1. The van der Waals surface area contributed by atoms with Crippen molar-refractivity contribution in [1.29, 1.82) is 0 Å². The molecule has 160 valence electrons. The molecule has 4 rings (SSSR count). The topological polar surface area (TPSA) is 129 Å². The number of fused-ring (bicyclic) bond motifs is 1. The number of nitro groups is 1. The standard InChI is InChI=1S/C23H18N4O5/c1-14-10-17-4-2-3-9-26(17)22(14)23(30)15-6-8-19(20(11-15)27(31)32)25-24-13-16-5-7-18(28)12-21(16)29/h2-13,25,28-29H,1H3. The number of carbonyl (C=O) groups excluding carboxylic acids is 1. The fourth-order valence-electron chi connectivity index (χ4n) is 3.41. The van der Waals surface area contributed by atoms with Crippen molar-refractivity contribution in [3.05, 3.63) is 99.4 Å². The van der Waals surface area contributed by atoms with Gasteiger partial charge in [0.25, 0.3) is 5.69 Å². The van der Waals surface area contributed by atoms with Gasteiger partial charge in [0.15, 0.2) is 0 Å². The van der Waals surface area contributed by atoms with Gasteiger partial charge in [0.2, 0.25) is 5.78 Å². The number of benzene rings is 2. The van der Waals surface area contributed by atoms with Gasteiger partial charge >= 0.3 is 0 Å². The lowest BCUT2D eigenvalue weighted by atomic mass is 10.0. The summed E-state index contributed by atoms with van der Waals surface area (Å²) >= 11 is 0. The van der Waals surface area contributed by atoms with E-state index in [1.54, 1.807) is 10.6 Å². The van der Waals surface area contributed by atoms with E-state index in [1.807, 2.05) is 31.2 Å². The van der Waals surface area contributed by atoms with E-state index < -0.39 is 4.92 Å². The second kappa shape index (κ2) is 8.23. The van der Waals surface area contributed by atoms with Crippen LogP contribution >= 0.6 is 0 Å². The molecule has 0 aliphatic rings. The fourth-order valence-corrected chi connectivity index (χ4v) is 3.41. The minimum Gasteiger partial charge on any atom is -0.508 e. The first-order valence-corrected chi connectivity index (χ1v) is 9.56. The summed E-state index contributed by atoms with van der Waals surface area (Å²) in [6.45, 7) is 1.82. The minimum absolute atomic E-state index is 0.0813. The highest BCUT2D eigenvalue weighted by molar-refractivity contribution is 6.10. The second-order valence-electron chi connectivity index (χ2n) is 7.10. The van der Waals surface area contributed by atoms with Gasteiger partial charge in [0.1, 0.15) is 17.2 Å². The molecule has 0 unspecified atom stereocenters. The van der Waals surface area contributed by atoms with Crippen molar-refractivity contribution in [3.8, 4) is 11.5 Å². The van der Waals surface area contributed by atoms with Gasteiger partial charge < -0.3 is 14.6 Å². The molecule has 0 radical (unpaired) electrons. The third-order valence-electron chi connectivity index (χ3n) is 4.94. The van der Waals surface area contributed by atoms with Crippen LogP contribution in [-0.2, 0) is 0 Å². The molecule has 2 aromatic carbocycles. The van der Waals surface area contributed by atoms with Crippen LogP contribution in [0, 0.1) is 17.0 Å².